The van der Waals surface area contributed by atoms with Crippen molar-refractivity contribution in [1.82, 2.24) is 4.57 Å². The van der Waals surface area contributed by atoms with E-state index in [0.29, 0.717) is 6.54 Å². The van der Waals surface area contributed by atoms with Crippen molar-refractivity contribution in [2.45, 2.75) is 32.4 Å². The zero-order valence-corrected chi connectivity index (χ0v) is 12.5. The number of hydrogen-bond donors (Lipinski definition) is 1. The van der Waals surface area contributed by atoms with Crippen LogP contribution in [0.15, 0.2) is 41.1 Å². The van der Waals surface area contributed by atoms with Gasteiger partial charge in [0.05, 0.1) is 0 Å². The molecular weight excluding hydrogens is 307 g/mol. The molecule has 0 amide bonds. The van der Waals surface area contributed by atoms with Crippen LogP contribution in [0.2, 0.25) is 0 Å². The van der Waals surface area contributed by atoms with Gasteiger partial charge in [-0.05, 0) is 35.7 Å². The van der Waals surface area contributed by atoms with Gasteiger partial charge in [0.1, 0.15) is 5.82 Å². The molecule has 0 saturated carbocycles. The number of rotatable bonds is 5. The molecule has 19 heavy (non-hydrogen) atoms. The van der Waals surface area contributed by atoms with Gasteiger partial charge >= 0.3 is 0 Å². The third-order valence-corrected chi connectivity index (χ3v) is 3.91. The quantitative estimate of drug-likeness (QED) is 0.876. The lowest BCUT2D eigenvalue weighted by Gasteiger charge is -2.08. The van der Waals surface area contributed by atoms with E-state index in [1.54, 1.807) is 6.07 Å². The SMILES string of the molecule is CCCC(N)c1ccn(Cc2ccc(F)cc2Br)c1. The largest absolute Gasteiger partial charge is 0.350 e. The van der Waals surface area contributed by atoms with Crippen LogP contribution in [-0.2, 0) is 6.54 Å². The highest BCUT2D eigenvalue weighted by Gasteiger charge is 2.08. The molecule has 102 valence electrons. The first kappa shape index (κ1) is 14.3. The molecule has 0 aliphatic carbocycles. The Kier molecular flexibility index (Phi) is 4.77. The molecule has 0 aliphatic heterocycles. The van der Waals surface area contributed by atoms with Crippen LogP contribution in [0.1, 0.15) is 36.9 Å². The number of nitrogens with zero attached hydrogens (tertiary/aromatic N) is 1. The maximum Gasteiger partial charge on any atom is 0.124 e. The standard InChI is InChI=1S/C15H18BrFN2/c1-2-3-15(18)12-6-7-19(10-12)9-11-4-5-13(17)8-14(11)16/h4-8,10,15H,2-3,9,18H2,1H3. The second kappa shape index (κ2) is 6.35. The molecule has 0 aliphatic rings. The molecular formula is C15H18BrFN2. The average molecular weight is 325 g/mol. The molecule has 1 heterocycles. The Morgan fingerprint density at radius 1 is 1.37 bits per heavy atom. The predicted octanol–water partition coefficient (Wildman–Crippen LogP) is 4.24. The highest BCUT2D eigenvalue weighted by Crippen LogP contribution is 2.21. The number of benzene rings is 1. The van der Waals surface area contributed by atoms with Crippen LogP contribution >= 0.6 is 15.9 Å². The topological polar surface area (TPSA) is 30.9 Å². The average Bonchev–Trinajstić information content (AvgIpc) is 2.82. The van der Waals surface area contributed by atoms with Crippen LogP contribution in [0.25, 0.3) is 0 Å². The molecule has 2 N–H and O–H groups in total. The summed E-state index contributed by atoms with van der Waals surface area (Å²) in [6, 6.07) is 6.92. The molecule has 4 heteroatoms. The smallest absolute Gasteiger partial charge is 0.124 e. The van der Waals surface area contributed by atoms with Crippen LogP contribution in [0.4, 0.5) is 4.39 Å². The van der Waals surface area contributed by atoms with E-state index in [1.165, 1.54) is 12.1 Å². The summed E-state index contributed by atoms with van der Waals surface area (Å²) in [6.45, 7) is 2.84. The van der Waals surface area contributed by atoms with Crippen molar-refractivity contribution >= 4 is 15.9 Å². The van der Waals surface area contributed by atoms with E-state index in [4.69, 9.17) is 5.73 Å². The minimum atomic E-state index is -0.228. The Labute approximate surface area is 121 Å². The molecule has 2 rings (SSSR count). The van der Waals surface area contributed by atoms with E-state index >= 15 is 0 Å². The Hall–Kier alpha value is -1.13. The van der Waals surface area contributed by atoms with Crippen molar-refractivity contribution in [3.8, 4) is 0 Å². The molecule has 1 aromatic heterocycles. The first-order chi connectivity index (χ1) is 9.10. The number of aromatic nitrogens is 1. The molecule has 0 radical (unpaired) electrons. The van der Waals surface area contributed by atoms with E-state index in [2.05, 4.69) is 39.7 Å². The van der Waals surface area contributed by atoms with Crippen LogP contribution < -0.4 is 5.73 Å². The Balaban J connectivity index is 2.11. The van der Waals surface area contributed by atoms with E-state index < -0.39 is 0 Å². The summed E-state index contributed by atoms with van der Waals surface area (Å²) in [5.74, 6) is -0.228. The first-order valence-electron chi connectivity index (χ1n) is 6.45. The number of nitrogens with two attached hydrogens (primary N) is 1. The van der Waals surface area contributed by atoms with E-state index in [1.807, 2.05) is 6.20 Å². The molecule has 0 saturated heterocycles. The zero-order valence-electron chi connectivity index (χ0n) is 10.9. The Bertz CT molecular complexity index is 551. The minimum Gasteiger partial charge on any atom is -0.350 e. The van der Waals surface area contributed by atoms with Gasteiger partial charge in [0.2, 0.25) is 0 Å². The van der Waals surface area contributed by atoms with E-state index in [0.717, 1.165) is 28.4 Å². The summed E-state index contributed by atoms with van der Waals surface area (Å²) < 4.78 is 15.9. The second-order valence-corrected chi connectivity index (χ2v) is 5.60. The van der Waals surface area contributed by atoms with Gasteiger partial charge in [-0.25, -0.2) is 4.39 Å². The molecule has 0 fully saturated rings. The van der Waals surface area contributed by atoms with E-state index in [9.17, 15) is 4.39 Å². The zero-order chi connectivity index (χ0) is 13.8. The summed E-state index contributed by atoms with van der Waals surface area (Å²) in [5, 5.41) is 0. The maximum absolute atomic E-state index is 13.0. The predicted molar refractivity (Wildman–Crippen MR) is 79.5 cm³/mol. The normalized spacial score (nSPS) is 12.6. The monoisotopic (exact) mass is 324 g/mol. The van der Waals surface area contributed by atoms with Crippen molar-refractivity contribution in [2.75, 3.05) is 0 Å². The van der Waals surface area contributed by atoms with Crippen molar-refractivity contribution in [3.63, 3.8) is 0 Å². The van der Waals surface area contributed by atoms with Gasteiger partial charge in [-0.3, -0.25) is 0 Å². The highest BCUT2D eigenvalue weighted by atomic mass is 79.9. The lowest BCUT2D eigenvalue weighted by Crippen LogP contribution is -2.08. The fourth-order valence-electron chi connectivity index (χ4n) is 2.10. The molecule has 1 unspecified atom stereocenters. The van der Waals surface area contributed by atoms with Crippen molar-refractivity contribution in [3.05, 3.63) is 58.1 Å². The van der Waals surface area contributed by atoms with Crippen LogP contribution in [0, 0.1) is 5.82 Å². The third kappa shape index (κ3) is 3.67. The number of halogens is 2. The summed E-state index contributed by atoms with van der Waals surface area (Å²) >= 11 is 3.39. The minimum absolute atomic E-state index is 0.0999. The van der Waals surface area contributed by atoms with Gasteiger partial charge in [-0.2, -0.15) is 0 Å². The van der Waals surface area contributed by atoms with Crippen molar-refractivity contribution in [2.24, 2.45) is 5.73 Å². The second-order valence-electron chi connectivity index (χ2n) is 4.75. The molecule has 0 bridgehead atoms. The van der Waals surface area contributed by atoms with Crippen molar-refractivity contribution in [1.29, 1.82) is 0 Å². The van der Waals surface area contributed by atoms with Gasteiger partial charge in [0.25, 0.3) is 0 Å². The maximum atomic E-state index is 13.0. The van der Waals surface area contributed by atoms with Gasteiger partial charge < -0.3 is 10.3 Å². The van der Waals surface area contributed by atoms with Gasteiger partial charge in [-0.1, -0.05) is 35.3 Å². The summed E-state index contributed by atoms with van der Waals surface area (Å²) in [4.78, 5) is 0. The summed E-state index contributed by atoms with van der Waals surface area (Å²) in [5.41, 5.74) is 8.29. The van der Waals surface area contributed by atoms with Gasteiger partial charge in [0.15, 0.2) is 0 Å². The molecule has 2 aromatic rings. The summed E-state index contributed by atoms with van der Waals surface area (Å²) in [6.07, 6.45) is 6.15. The highest BCUT2D eigenvalue weighted by molar-refractivity contribution is 9.10. The van der Waals surface area contributed by atoms with Crippen LogP contribution in [0.5, 0.6) is 0 Å². The fraction of sp³-hybridized carbons (Fsp3) is 0.333. The van der Waals surface area contributed by atoms with Crippen LogP contribution in [-0.4, -0.2) is 4.57 Å². The van der Waals surface area contributed by atoms with Gasteiger partial charge in [-0.15, -0.1) is 0 Å². The third-order valence-electron chi connectivity index (χ3n) is 3.17. The lowest BCUT2D eigenvalue weighted by molar-refractivity contribution is 0.624. The summed E-state index contributed by atoms with van der Waals surface area (Å²) in [7, 11) is 0. The lowest BCUT2D eigenvalue weighted by atomic mass is 10.1. The van der Waals surface area contributed by atoms with E-state index in [-0.39, 0.29) is 11.9 Å². The molecule has 2 nitrogen and oxygen atoms in total. The molecule has 0 spiro atoms. The number of hydrogen-bond acceptors (Lipinski definition) is 1. The fourth-order valence-corrected chi connectivity index (χ4v) is 2.58. The first-order valence-corrected chi connectivity index (χ1v) is 7.24. The molecule has 1 atom stereocenters. The Morgan fingerprint density at radius 2 is 2.16 bits per heavy atom. The van der Waals surface area contributed by atoms with Crippen LogP contribution in [0.3, 0.4) is 0 Å². The van der Waals surface area contributed by atoms with Crippen molar-refractivity contribution < 1.29 is 4.39 Å². The Morgan fingerprint density at radius 3 is 2.84 bits per heavy atom. The van der Waals surface area contributed by atoms with Gasteiger partial charge in [0, 0.05) is 29.5 Å². The molecule has 1 aromatic carbocycles.